The smallest absolute Gasteiger partial charge is 0.309 e. The van der Waals surface area contributed by atoms with Crippen LogP contribution in [0.4, 0.5) is 0 Å². The van der Waals surface area contributed by atoms with Gasteiger partial charge in [-0.1, -0.05) is 19.8 Å². The minimum Gasteiger partial charge on any atom is -0.466 e. The highest BCUT2D eigenvalue weighted by Crippen LogP contribution is 2.20. The zero-order valence-electron chi connectivity index (χ0n) is 18.9. The number of rotatable bonds is 10. The van der Waals surface area contributed by atoms with E-state index in [0.29, 0.717) is 62.7 Å². The Hall–Kier alpha value is -2.31. The Morgan fingerprint density at radius 3 is 2.40 bits per heavy atom. The zero-order valence-corrected chi connectivity index (χ0v) is 18.9. The maximum Gasteiger partial charge on any atom is 0.309 e. The fourth-order valence-corrected chi connectivity index (χ4v) is 3.89. The van der Waals surface area contributed by atoms with E-state index in [1.807, 2.05) is 6.92 Å². The first-order valence-electron chi connectivity index (χ1n) is 11.2. The number of carbonyl (C=O) groups is 3. The monoisotopic (exact) mass is 420 g/mol. The normalized spacial score (nSPS) is 14.6. The van der Waals surface area contributed by atoms with Crippen LogP contribution in [0.2, 0.25) is 0 Å². The quantitative estimate of drug-likeness (QED) is 0.426. The molecule has 0 bridgehead atoms. The molecule has 168 valence electrons. The van der Waals surface area contributed by atoms with E-state index in [2.05, 4.69) is 6.92 Å². The number of unbranched alkanes of at least 4 members (excludes halogenated alkanes) is 2. The number of nitrogens with zero attached hydrogens (tertiary/aromatic N) is 2. The third-order valence-corrected chi connectivity index (χ3v) is 5.65. The van der Waals surface area contributed by atoms with Crippen LogP contribution in [-0.4, -0.2) is 60.4 Å². The summed E-state index contributed by atoms with van der Waals surface area (Å²) in [6.07, 6.45) is 4.59. The summed E-state index contributed by atoms with van der Waals surface area (Å²) in [7, 11) is 0. The summed E-state index contributed by atoms with van der Waals surface area (Å²) in [6.45, 7) is 10.1. The van der Waals surface area contributed by atoms with Crippen LogP contribution in [0.15, 0.2) is 10.5 Å². The molecule has 1 aliphatic rings. The van der Waals surface area contributed by atoms with Crippen LogP contribution >= 0.6 is 0 Å². The second-order valence-corrected chi connectivity index (χ2v) is 7.98. The third-order valence-electron chi connectivity index (χ3n) is 5.65. The highest BCUT2D eigenvalue weighted by molar-refractivity contribution is 5.95. The Labute approximate surface area is 179 Å². The Kier molecular flexibility index (Phi) is 9.40. The minimum atomic E-state index is -0.164. The number of hydrogen-bond acceptors (Lipinski definition) is 5. The molecule has 0 aliphatic carbocycles. The van der Waals surface area contributed by atoms with Gasteiger partial charge in [0.2, 0.25) is 5.91 Å². The maximum atomic E-state index is 13.0. The first-order chi connectivity index (χ1) is 14.4. The summed E-state index contributed by atoms with van der Waals surface area (Å²) in [4.78, 5) is 41.2. The molecule has 1 fully saturated rings. The summed E-state index contributed by atoms with van der Waals surface area (Å²) in [5, 5.41) is 0. The van der Waals surface area contributed by atoms with Gasteiger partial charge in [0.1, 0.15) is 11.5 Å². The van der Waals surface area contributed by atoms with Crippen molar-refractivity contribution in [3.63, 3.8) is 0 Å². The summed E-state index contributed by atoms with van der Waals surface area (Å²) in [6, 6.07) is 1.77. The molecule has 2 heterocycles. The van der Waals surface area contributed by atoms with E-state index in [4.69, 9.17) is 9.15 Å². The van der Waals surface area contributed by atoms with Crippen LogP contribution < -0.4 is 0 Å². The molecular formula is C23H36N2O5. The van der Waals surface area contributed by atoms with E-state index in [-0.39, 0.29) is 30.1 Å². The first-order valence-corrected chi connectivity index (χ1v) is 11.2. The van der Waals surface area contributed by atoms with E-state index >= 15 is 0 Å². The van der Waals surface area contributed by atoms with Gasteiger partial charge in [-0.05, 0) is 46.1 Å². The second-order valence-electron chi connectivity index (χ2n) is 7.98. The maximum absolute atomic E-state index is 13.0. The fourth-order valence-electron chi connectivity index (χ4n) is 3.89. The van der Waals surface area contributed by atoms with E-state index < -0.39 is 0 Å². The molecule has 0 saturated carbocycles. The topological polar surface area (TPSA) is 80.1 Å². The van der Waals surface area contributed by atoms with Crippen LogP contribution in [0.3, 0.4) is 0 Å². The van der Waals surface area contributed by atoms with Gasteiger partial charge in [-0.3, -0.25) is 14.4 Å². The van der Waals surface area contributed by atoms with Gasteiger partial charge < -0.3 is 19.0 Å². The Bertz CT molecular complexity index is 719. The number of esters is 1. The summed E-state index contributed by atoms with van der Waals surface area (Å²) >= 11 is 0. The molecular weight excluding hydrogens is 384 g/mol. The predicted octanol–water partition coefficient (Wildman–Crippen LogP) is 3.72. The molecule has 2 rings (SSSR count). The van der Waals surface area contributed by atoms with Crippen molar-refractivity contribution in [1.82, 2.24) is 9.80 Å². The number of aryl methyl sites for hydroxylation is 2. The van der Waals surface area contributed by atoms with Crippen LogP contribution in [0.5, 0.6) is 0 Å². The number of likely N-dealkylation sites (tertiary alicyclic amines) is 1. The van der Waals surface area contributed by atoms with Gasteiger partial charge >= 0.3 is 5.97 Å². The number of amides is 2. The van der Waals surface area contributed by atoms with Crippen molar-refractivity contribution in [2.45, 2.75) is 66.2 Å². The van der Waals surface area contributed by atoms with Gasteiger partial charge in [0.05, 0.1) is 18.1 Å². The summed E-state index contributed by atoms with van der Waals surface area (Å²) in [5.74, 6) is 1.01. The molecule has 1 aromatic heterocycles. The molecule has 7 nitrogen and oxygen atoms in total. The molecule has 0 aromatic carbocycles. The highest BCUT2D eigenvalue weighted by Gasteiger charge is 2.29. The Balaban J connectivity index is 1.91. The van der Waals surface area contributed by atoms with Crippen LogP contribution in [0.25, 0.3) is 0 Å². The van der Waals surface area contributed by atoms with Crippen LogP contribution in [-0.2, 0) is 14.3 Å². The van der Waals surface area contributed by atoms with Crippen LogP contribution in [0, 0.1) is 19.8 Å². The highest BCUT2D eigenvalue weighted by atomic mass is 16.5. The van der Waals surface area contributed by atoms with Crippen molar-refractivity contribution < 1.29 is 23.5 Å². The van der Waals surface area contributed by atoms with Crippen molar-refractivity contribution in [1.29, 1.82) is 0 Å². The van der Waals surface area contributed by atoms with E-state index in [0.717, 1.165) is 19.3 Å². The number of furan rings is 1. The average molecular weight is 421 g/mol. The Morgan fingerprint density at radius 1 is 1.13 bits per heavy atom. The molecule has 2 amide bonds. The molecule has 0 unspecified atom stereocenters. The van der Waals surface area contributed by atoms with Gasteiger partial charge in [-0.15, -0.1) is 0 Å². The number of ether oxygens (including phenoxy) is 1. The van der Waals surface area contributed by atoms with E-state index in [1.54, 1.807) is 29.7 Å². The lowest BCUT2D eigenvalue weighted by Crippen LogP contribution is -2.42. The molecule has 1 saturated heterocycles. The second kappa shape index (κ2) is 11.8. The van der Waals surface area contributed by atoms with Crippen molar-refractivity contribution >= 4 is 17.8 Å². The first kappa shape index (κ1) is 24.0. The molecule has 1 aromatic rings. The van der Waals surface area contributed by atoms with Gasteiger partial charge in [-0.25, -0.2) is 0 Å². The molecule has 1 aliphatic heterocycles. The van der Waals surface area contributed by atoms with E-state index in [9.17, 15) is 14.4 Å². The van der Waals surface area contributed by atoms with Gasteiger partial charge in [-0.2, -0.15) is 0 Å². The average Bonchev–Trinajstić information content (AvgIpc) is 3.08. The van der Waals surface area contributed by atoms with Crippen molar-refractivity contribution in [2.75, 3.05) is 32.8 Å². The third kappa shape index (κ3) is 6.61. The van der Waals surface area contributed by atoms with Gasteiger partial charge in [0.25, 0.3) is 5.91 Å². The number of hydrogen-bond donors (Lipinski definition) is 0. The number of piperidine rings is 1. The molecule has 0 N–H and O–H groups in total. The molecule has 0 radical (unpaired) electrons. The molecule has 0 atom stereocenters. The zero-order chi connectivity index (χ0) is 22.1. The fraction of sp³-hybridized carbons (Fsp3) is 0.696. The van der Waals surface area contributed by atoms with E-state index in [1.165, 1.54) is 0 Å². The lowest BCUT2D eigenvalue weighted by Gasteiger charge is -2.31. The minimum absolute atomic E-state index is 0.0331. The Morgan fingerprint density at radius 2 is 1.83 bits per heavy atom. The van der Waals surface area contributed by atoms with Gasteiger partial charge in [0, 0.05) is 32.6 Å². The molecule has 30 heavy (non-hydrogen) atoms. The standard InChI is InChI=1S/C23H36N2O5/c1-5-7-8-12-25(22(27)20-16-17(3)30-18(20)4)15-11-21(26)24-13-9-19(10-14-24)23(28)29-6-2/h16,19H,5-15H2,1-4H3. The lowest BCUT2D eigenvalue weighted by molar-refractivity contribution is -0.151. The molecule has 0 spiro atoms. The number of carbonyl (C=O) groups excluding carboxylic acids is 3. The van der Waals surface area contributed by atoms with Crippen LogP contribution in [0.1, 0.15) is 74.3 Å². The van der Waals surface area contributed by atoms with Crippen molar-refractivity contribution in [3.05, 3.63) is 23.2 Å². The predicted molar refractivity (Wildman–Crippen MR) is 114 cm³/mol. The summed E-state index contributed by atoms with van der Waals surface area (Å²) < 4.78 is 10.6. The van der Waals surface area contributed by atoms with Crippen molar-refractivity contribution in [3.8, 4) is 0 Å². The SMILES string of the molecule is CCCCCN(CCC(=O)N1CCC(C(=O)OCC)CC1)C(=O)c1cc(C)oc1C. The lowest BCUT2D eigenvalue weighted by atomic mass is 9.97. The largest absolute Gasteiger partial charge is 0.466 e. The van der Waals surface area contributed by atoms with Gasteiger partial charge in [0.15, 0.2) is 0 Å². The summed E-state index contributed by atoms with van der Waals surface area (Å²) in [5.41, 5.74) is 0.576. The molecule has 7 heteroatoms. The van der Waals surface area contributed by atoms with Crippen molar-refractivity contribution in [2.24, 2.45) is 5.92 Å².